The number of carbonyl (C=O) groups is 2. The van der Waals surface area contributed by atoms with E-state index >= 15 is 0 Å². The van der Waals surface area contributed by atoms with Crippen LogP contribution >= 0.6 is 11.3 Å². The minimum atomic E-state index is -4.09. The van der Waals surface area contributed by atoms with E-state index in [9.17, 15) is 22.4 Å². The third-order valence-electron chi connectivity index (χ3n) is 4.77. The number of amides is 1. The van der Waals surface area contributed by atoms with Crippen LogP contribution in [0.4, 0.5) is 9.52 Å². The van der Waals surface area contributed by atoms with Crippen molar-refractivity contribution in [2.45, 2.75) is 24.2 Å². The summed E-state index contributed by atoms with van der Waals surface area (Å²) in [6, 6.07) is 3.19. The summed E-state index contributed by atoms with van der Waals surface area (Å²) in [6.45, 7) is 0.705. The van der Waals surface area contributed by atoms with Gasteiger partial charge in [-0.3, -0.25) is 14.9 Å². The van der Waals surface area contributed by atoms with Crippen molar-refractivity contribution in [3.63, 3.8) is 0 Å². The second-order valence-corrected chi connectivity index (χ2v) is 9.59. The Kier molecular flexibility index (Phi) is 5.47. The Morgan fingerprint density at radius 2 is 2.00 bits per heavy atom. The molecule has 1 aromatic carbocycles. The first kappa shape index (κ1) is 20.1. The van der Waals surface area contributed by atoms with Gasteiger partial charge in [-0.1, -0.05) is 11.3 Å². The number of aryl methyl sites for hydroxylation is 1. The van der Waals surface area contributed by atoms with Gasteiger partial charge in [0.2, 0.25) is 10.0 Å². The number of hydrogen-bond donors (Lipinski definition) is 1. The number of morpholine rings is 1. The van der Waals surface area contributed by atoms with Gasteiger partial charge in [0.15, 0.2) is 10.9 Å². The highest BCUT2D eigenvalue weighted by Gasteiger charge is 2.30. The zero-order valence-electron chi connectivity index (χ0n) is 15.3. The summed E-state index contributed by atoms with van der Waals surface area (Å²) in [5, 5.41) is 2.84. The van der Waals surface area contributed by atoms with Crippen molar-refractivity contribution in [2.75, 3.05) is 31.6 Å². The van der Waals surface area contributed by atoms with Crippen LogP contribution in [0.25, 0.3) is 0 Å². The van der Waals surface area contributed by atoms with Crippen LogP contribution in [-0.4, -0.2) is 55.7 Å². The molecule has 4 rings (SSSR count). The first-order valence-corrected chi connectivity index (χ1v) is 11.3. The molecule has 1 aromatic heterocycles. The minimum absolute atomic E-state index is 0.00456. The molecule has 0 atom stereocenters. The smallest absolute Gasteiger partial charge is 0.257 e. The molecular formula is C18H18FN3O5S2. The number of nitrogens with zero attached hydrogens (tertiary/aromatic N) is 2. The second-order valence-electron chi connectivity index (χ2n) is 6.69. The van der Waals surface area contributed by atoms with Crippen LogP contribution < -0.4 is 5.32 Å². The number of ketones is 1. The van der Waals surface area contributed by atoms with Gasteiger partial charge in [0, 0.05) is 25.1 Å². The van der Waals surface area contributed by atoms with Crippen LogP contribution in [0.5, 0.6) is 0 Å². The number of aromatic nitrogens is 1. The maximum Gasteiger partial charge on any atom is 0.257 e. The van der Waals surface area contributed by atoms with E-state index in [0.29, 0.717) is 23.4 Å². The van der Waals surface area contributed by atoms with Crippen LogP contribution in [0, 0.1) is 5.82 Å². The summed E-state index contributed by atoms with van der Waals surface area (Å²) in [5.41, 5.74) is 0.647. The van der Waals surface area contributed by atoms with E-state index in [1.54, 1.807) is 0 Å². The fraction of sp³-hybridized carbons (Fsp3) is 0.389. The number of anilines is 1. The van der Waals surface area contributed by atoms with Crippen LogP contribution in [0.1, 0.15) is 38.6 Å². The van der Waals surface area contributed by atoms with Crippen molar-refractivity contribution in [3.8, 4) is 0 Å². The summed E-state index contributed by atoms with van der Waals surface area (Å²) in [5.74, 6) is -1.55. The molecule has 0 bridgehead atoms. The standard InChI is InChI=1S/C18H18FN3O5S2/c19-12-5-4-11(10-15(12)29(25,26)22-6-8-27-9-7-22)17(24)21-18-20-13-2-1-3-14(23)16(13)28-18/h4-5,10H,1-3,6-9H2,(H,20,21,24). The molecule has 1 N–H and O–H groups in total. The lowest BCUT2D eigenvalue weighted by Gasteiger charge is -2.26. The molecule has 1 saturated heterocycles. The van der Waals surface area contributed by atoms with Crippen LogP contribution in [-0.2, 0) is 21.2 Å². The number of halogens is 1. The average molecular weight is 439 g/mol. The molecule has 11 heteroatoms. The molecule has 8 nitrogen and oxygen atoms in total. The number of nitrogens with one attached hydrogen (secondary N) is 1. The zero-order valence-corrected chi connectivity index (χ0v) is 16.9. The zero-order chi connectivity index (χ0) is 20.6. The largest absolute Gasteiger partial charge is 0.379 e. The van der Waals surface area contributed by atoms with Crippen molar-refractivity contribution >= 4 is 38.2 Å². The Labute approximate surface area is 170 Å². The molecular weight excluding hydrogens is 421 g/mol. The first-order chi connectivity index (χ1) is 13.9. The highest BCUT2D eigenvalue weighted by molar-refractivity contribution is 7.89. The molecule has 1 fully saturated rings. The van der Waals surface area contributed by atoms with Crippen molar-refractivity contribution in [1.82, 2.24) is 9.29 Å². The summed E-state index contributed by atoms with van der Waals surface area (Å²) < 4.78 is 46.1. The summed E-state index contributed by atoms with van der Waals surface area (Å²) in [4.78, 5) is 28.8. The molecule has 1 aliphatic heterocycles. The number of thiazole rings is 1. The molecule has 1 aliphatic carbocycles. The second kappa shape index (κ2) is 7.90. The fourth-order valence-electron chi connectivity index (χ4n) is 3.26. The summed E-state index contributed by atoms with van der Waals surface area (Å²) in [6.07, 6.45) is 1.86. The monoisotopic (exact) mass is 439 g/mol. The van der Waals surface area contributed by atoms with Crippen molar-refractivity contribution in [2.24, 2.45) is 0 Å². The maximum atomic E-state index is 14.3. The fourth-order valence-corrected chi connectivity index (χ4v) is 5.73. The van der Waals surface area contributed by atoms with Gasteiger partial charge in [-0.15, -0.1) is 0 Å². The van der Waals surface area contributed by atoms with Crippen molar-refractivity contribution in [3.05, 3.63) is 40.2 Å². The Morgan fingerprint density at radius 3 is 2.72 bits per heavy atom. The molecule has 2 aromatic rings. The summed E-state index contributed by atoms with van der Waals surface area (Å²) >= 11 is 1.10. The third-order valence-corrected chi connectivity index (χ3v) is 7.74. The predicted octanol–water partition coefficient (Wildman–Crippen LogP) is 2.07. The Hall–Kier alpha value is -2.21. The van der Waals surface area contributed by atoms with E-state index in [1.807, 2.05) is 0 Å². The van der Waals surface area contributed by atoms with E-state index in [0.717, 1.165) is 34.2 Å². The van der Waals surface area contributed by atoms with Gasteiger partial charge in [0.25, 0.3) is 5.91 Å². The van der Waals surface area contributed by atoms with E-state index in [4.69, 9.17) is 4.74 Å². The van der Waals surface area contributed by atoms with Gasteiger partial charge >= 0.3 is 0 Å². The molecule has 1 amide bonds. The molecule has 0 saturated carbocycles. The van der Waals surface area contributed by atoms with Crippen molar-refractivity contribution < 1.29 is 27.1 Å². The molecule has 0 spiro atoms. The number of benzene rings is 1. The van der Waals surface area contributed by atoms with Gasteiger partial charge in [0.1, 0.15) is 10.7 Å². The Bertz CT molecular complexity index is 1080. The molecule has 2 aliphatic rings. The number of sulfonamides is 1. The number of ether oxygens (including phenoxy) is 1. The molecule has 2 heterocycles. The Morgan fingerprint density at radius 1 is 1.24 bits per heavy atom. The Balaban J connectivity index is 1.58. The number of Topliss-reactive ketones (excluding diaryl/α,β-unsaturated/α-hetero) is 1. The lowest BCUT2D eigenvalue weighted by atomic mass is 10.0. The van der Waals surface area contributed by atoms with Gasteiger partial charge in [-0.05, 0) is 31.0 Å². The minimum Gasteiger partial charge on any atom is -0.379 e. The number of fused-ring (bicyclic) bond motifs is 1. The first-order valence-electron chi connectivity index (χ1n) is 9.08. The lowest BCUT2D eigenvalue weighted by molar-refractivity contribution is 0.0729. The van der Waals surface area contributed by atoms with E-state index in [2.05, 4.69) is 10.3 Å². The third kappa shape index (κ3) is 3.95. The highest BCUT2D eigenvalue weighted by Crippen LogP contribution is 2.30. The van der Waals surface area contributed by atoms with Crippen LogP contribution in [0.3, 0.4) is 0 Å². The van der Waals surface area contributed by atoms with E-state index < -0.39 is 26.6 Å². The molecule has 0 unspecified atom stereocenters. The molecule has 154 valence electrons. The lowest BCUT2D eigenvalue weighted by Crippen LogP contribution is -2.41. The van der Waals surface area contributed by atoms with Gasteiger partial charge in [-0.25, -0.2) is 17.8 Å². The van der Waals surface area contributed by atoms with Crippen molar-refractivity contribution in [1.29, 1.82) is 0 Å². The number of hydrogen-bond acceptors (Lipinski definition) is 7. The molecule has 0 radical (unpaired) electrons. The quantitative estimate of drug-likeness (QED) is 0.782. The normalized spacial score (nSPS) is 17.8. The van der Waals surface area contributed by atoms with Gasteiger partial charge in [-0.2, -0.15) is 4.31 Å². The number of carbonyl (C=O) groups excluding carboxylic acids is 2. The average Bonchev–Trinajstić information content (AvgIpc) is 3.12. The predicted molar refractivity (Wildman–Crippen MR) is 103 cm³/mol. The molecule has 29 heavy (non-hydrogen) atoms. The van der Waals surface area contributed by atoms with Crippen LogP contribution in [0.15, 0.2) is 23.1 Å². The van der Waals surface area contributed by atoms with Gasteiger partial charge < -0.3 is 4.74 Å². The highest BCUT2D eigenvalue weighted by atomic mass is 32.2. The summed E-state index contributed by atoms with van der Waals surface area (Å²) in [7, 11) is -4.09. The topological polar surface area (TPSA) is 106 Å². The maximum absolute atomic E-state index is 14.3. The van der Waals surface area contributed by atoms with Gasteiger partial charge in [0.05, 0.1) is 23.8 Å². The number of rotatable bonds is 4. The SMILES string of the molecule is O=C(Nc1nc2c(s1)C(=O)CCC2)c1ccc(F)c(S(=O)(=O)N2CCOCC2)c1. The van der Waals surface area contributed by atoms with Crippen LogP contribution in [0.2, 0.25) is 0 Å². The van der Waals surface area contributed by atoms with E-state index in [-0.39, 0.29) is 42.8 Å². The van der Waals surface area contributed by atoms with E-state index in [1.165, 1.54) is 6.07 Å².